The molecule has 0 aromatic heterocycles. The molecule has 10 heteroatoms. The van der Waals surface area contributed by atoms with Crippen LogP contribution in [0.2, 0.25) is 0 Å². The van der Waals surface area contributed by atoms with Crippen LogP contribution < -0.4 is 31.6 Å². The number of nitrogens with one attached hydrogen (secondary N) is 2. The number of carbonyl (C=O) groups is 2. The van der Waals surface area contributed by atoms with Crippen molar-refractivity contribution in [1.29, 1.82) is 0 Å². The van der Waals surface area contributed by atoms with E-state index in [0.717, 1.165) is 0 Å². The van der Waals surface area contributed by atoms with Crippen LogP contribution in [-0.2, 0) is 9.47 Å². The normalized spacial score (nSPS) is 11.4. The zero-order chi connectivity index (χ0) is 24.4. The zero-order valence-electron chi connectivity index (χ0n) is 20.0. The average molecular weight is 455 g/mol. The Kier molecular flexibility index (Phi) is 10.2. The van der Waals surface area contributed by atoms with Gasteiger partial charge in [0, 0.05) is 19.2 Å². The monoisotopic (exact) mass is 454 g/mol. The Bertz CT molecular complexity index is 697. The number of carbonyl (C=O) groups excluding carboxylic acids is 2. The summed E-state index contributed by atoms with van der Waals surface area (Å²) in [4.78, 5) is 23.2. The number of ether oxygens (including phenoxy) is 4. The van der Waals surface area contributed by atoms with E-state index in [1.54, 1.807) is 53.7 Å². The van der Waals surface area contributed by atoms with Crippen LogP contribution in [0.25, 0.3) is 0 Å². The highest BCUT2D eigenvalue weighted by molar-refractivity contribution is 5.68. The molecule has 0 spiro atoms. The number of rotatable bonds is 10. The summed E-state index contributed by atoms with van der Waals surface area (Å²) < 4.78 is 21.7. The number of hydrogen-bond donors (Lipinski definition) is 4. The molecule has 0 heterocycles. The molecule has 0 unspecified atom stereocenters. The van der Waals surface area contributed by atoms with E-state index in [1.165, 1.54) is 0 Å². The van der Waals surface area contributed by atoms with Crippen LogP contribution in [0.3, 0.4) is 0 Å². The first-order chi connectivity index (χ1) is 14.8. The summed E-state index contributed by atoms with van der Waals surface area (Å²) in [5.41, 5.74) is 11.6. The molecule has 1 aromatic carbocycles. The van der Waals surface area contributed by atoms with E-state index in [2.05, 4.69) is 10.6 Å². The largest absolute Gasteiger partial charge is 0.491 e. The lowest BCUT2D eigenvalue weighted by Crippen LogP contribution is -2.33. The van der Waals surface area contributed by atoms with E-state index in [4.69, 9.17) is 30.4 Å². The molecular weight excluding hydrogens is 416 g/mol. The van der Waals surface area contributed by atoms with Gasteiger partial charge in [0.05, 0.1) is 24.6 Å². The van der Waals surface area contributed by atoms with Crippen molar-refractivity contribution < 1.29 is 28.5 Å². The van der Waals surface area contributed by atoms with Crippen LogP contribution in [0, 0.1) is 0 Å². The lowest BCUT2D eigenvalue weighted by atomic mass is 10.2. The maximum Gasteiger partial charge on any atom is 0.407 e. The molecule has 0 atom stereocenters. The van der Waals surface area contributed by atoms with Crippen molar-refractivity contribution in [2.75, 3.05) is 37.8 Å². The third kappa shape index (κ3) is 12.0. The van der Waals surface area contributed by atoms with Gasteiger partial charge in [-0.2, -0.15) is 0 Å². The van der Waals surface area contributed by atoms with Gasteiger partial charge in [-0.15, -0.1) is 0 Å². The molecular formula is C22H38N4O6. The molecule has 32 heavy (non-hydrogen) atoms. The zero-order valence-corrected chi connectivity index (χ0v) is 20.0. The van der Waals surface area contributed by atoms with Crippen molar-refractivity contribution in [3.63, 3.8) is 0 Å². The summed E-state index contributed by atoms with van der Waals surface area (Å²) in [5.74, 6) is 0.886. The smallest absolute Gasteiger partial charge is 0.407 e. The van der Waals surface area contributed by atoms with Gasteiger partial charge in [0.2, 0.25) is 0 Å². The molecule has 0 aliphatic rings. The van der Waals surface area contributed by atoms with Crippen molar-refractivity contribution in [3.8, 4) is 11.5 Å². The van der Waals surface area contributed by atoms with Gasteiger partial charge in [-0.1, -0.05) is 0 Å². The molecule has 6 N–H and O–H groups in total. The van der Waals surface area contributed by atoms with Gasteiger partial charge in [-0.3, -0.25) is 0 Å². The average Bonchev–Trinajstić information content (AvgIpc) is 2.61. The second-order valence-corrected chi connectivity index (χ2v) is 9.19. The summed E-state index contributed by atoms with van der Waals surface area (Å²) in [5, 5.41) is 5.33. The molecule has 0 bridgehead atoms. The third-order valence-electron chi connectivity index (χ3n) is 3.64. The minimum Gasteiger partial charge on any atom is -0.491 e. The van der Waals surface area contributed by atoms with Crippen LogP contribution in [0.5, 0.6) is 11.5 Å². The Hall–Kier alpha value is -3.04. The van der Waals surface area contributed by atoms with Gasteiger partial charge in [0.25, 0.3) is 0 Å². The molecule has 0 fully saturated rings. The number of alkyl carbamates (subject to hydrolysis) is 2. The van der Waals surface area contributed by atoms with Gasteiger partial charge >= 0.3 is 12.2 Å². The highest BCUT2D eigenvalue weighted by Crippen LogP contribution is 2.33. The molecule has 182 valence electrons. The van der Waals surface area contributed by atoms with Crippen LogP contribution >= 0.6 is 0 Å². The molecule has 0 saturated heterocycles. The first-order valence-corrected chi connectivity index (χ1v) is 10.6. The van der Waals surface area contributed by atoms with Gasteiger partial charge in [-0.05, 0) is 60.5 Å². The van der Waals surface area contributed by atoms with Gasteiger partial charge in [0.1, 0.15) is 22.7 Å². The summed E-state index contributed by atoms with van der Waals surface area (Å²) in [6.45, 7) is 12.3. The Balaban J connectivity index is 2.38. The fraction of sp³-hybridized carbons (Fsp3) is 0.636. The van der Waals surface area contributed by atoms with Crippen molar-refractivity contribution in [3.05, 3.63) is 12.1 Å². The second kappa shape index (κ2) is 12.1. The Morgan fingerprint density at radius 3 is 1.47 bits per heavy atom. The molecule has 0 aliphatic carbocycles. The number of hydrogen-bond acceptors (Lipinski definition) is 8. The number of amides is 2. The van der Waals surface area contributed by atoms with Crippen molar-refractivity contribution in [2.45, 2.75) is 65.6 Å². The minimum atomic E-state index is -0.540. The van der Waals surface area contributed by atoms with E-state index < -0.39 is 23.4 Å². The van der Waals surface area contributed by atoms with Crippen LogP contribution in [-0.4, -0.2) is 49.7 Å². The lowest BCUT2D eigenvalue weighted by Gasteiger charge is -2.19. The minimum absolute atomic E-state index is 0.336. The predicted molar refractivity (Wildman–Crippen MR) is 124 cm³/mol. The first kappa shape index (κ1) is 27.0. The number of nitrogens with two attached hydrogens (primary N) is 2. The second-order valence-electron chi connectivity index (χ2n) is 9.19. The lowest BCUT2D eigenvalue weighted by molar-refractivity contribution is 0.0514. The van der Waals surface area contributed by atoms with E-state index in [0.29, 0.717) is 62.0 Å². The summed E-state index contributed by atoms with van der Waals surface area (Å²) in [7, 11) is 0. The predicted octanol–water partition coefficient (Wildman–Crippen LogP) is 3.44. The number of benzene rings is 1. The van der Waals surface area contributed by atoms with E-state index >= 15 is 0 Å². The summed E-state index contributed by atoms with van der Waals surface area (Å²) in [6, 6.07) is 3.20. The summed E-state index contributed by atoms with van der Waals surface area (Å²) >= 11 is 0. The van der Waals surface area contributed by atoms with Crippen LogP contribution in [0.4, 0.5) is 21.0 Å². The summed E-state index contributed by atoms with van der Waals surface area (Å²) in [6.07, 6.45) is 0.188. The van der Waals surface area contributed by atoms with Crippen molar-refractivity contribution >= 4 is 23.6 Å². The SMILES string of the molecule is CC(C)(C)OC(=O)NCCCOc1cc(OCCCNC(=O)OC(C)(C)C)c(N)cc1N. The maximum absolute atomic E-state index is 11.6. The van der Waals surface area contributed by atoms with Gasteiger partial charge < -0.3 is 41.0 Å². The highest BCUT2D eigenvalue weighted by Gasteiger charge is 2.16. The third-order valence-corrected chi connectivity index (χ3v) is 3.64. The van der Waals surface area contributed by atoms with Crippen molar-refractivity contribution in [1.82, 2.24) is 10.6 Å². The first-order valence-electron chi connectivity index (χ1n) is 10.6. The molecule has 10 nitrogen and oxygen atoms in total. The van der Waals surface area contributed by atoms with E-state index in [1.807, 2.05) is 0 Å². The molecule has 1 aromatic rings. The highest BCUT2D eigenvalue weighted by atomic mass is 16.6. The topological polar surface area (TPSA) is 147 Å². The van der Waals surface area contributed by atoms with Crippen LogP contribution in [0.15, 0.2) is 12.1 Å². The maximum atomic E-state index is 11.6. The Morgan fingerprint density at radius 1 is 0.750 bits per heavy atom. The standard InChI is InChI=1S/C22H38N4O6/c1-21(2,3)31-19(27)25-9-7-11-29-17-14-18(16(24)13-15(17)23)30-12-8-10-26-20(28)32-22(4,5)6/h13-14H,7-12,23-24H2,1-6H3,(H,25,27)(H,26,28). The van der Waals surface area contributed by atoms with Crippen LogP contribution in [0.1, 0.15) is 54.4 Å². The fourth-order valence-electron chi connectivity index (χ4n) is 2.36. The number of anilines is 2. The molecule has 0 radical (unpaired) electrons. The van der Waals surface area contributed by atoms with Gasteiger partial charge in [-0.25, -0.2) is 9.59 Å². The van der Waals surface area contributed by atoms with E-state index in [9.17, 15) is 9.59 Å². The Morgan fingerprint density at radius 2 is 1.12 bits per heavy atom. The van der Waals surface area contributed by atoms with Crippen molar-refractivity contribution in [2.24, 2.45) is 0 Å². The van der Waals surface area contributed by atoms with E-state index in [-0.39, 0.29) is 0 Å². The molecule has 2 amide bonds. The fourth-order valence-corrected chi connectivity index (χ4v) is 2.36. The van der Waals surface area contributed by atoms with Gasteiger partial charge in [0.15, 0.2) is 0 Å². The molecule has 1 rings (SSSR count). The molecule has 0 aliphatic heterocycles. The number of nitrogen functional groups attached to an aromatic ring is 2. The molecule has 0 saturated carbocycles. The Labute approximate surface area is 190 Å². The quantitative estimate of drug-likeness (QED) is 0.310.